The lowest BCUT2D eigenvalue weighted by Crippen LogP contribution is -2.36. The molecule has 24 heavy (non-hydrogen) atoms. The number of furan rings is 1. The Morgan fingerprint density at radius 1 is 1.38 bits per heavy atom. The molecule has 3 rings (SSSR count). The highest BCUT2D eigenvalue weighted by molar-refractivity contribution is 5.84. The van der Waals surface area contributed by atoms with Crippen molar-refractivity contribution < 1.29 is 13.9 Å². The molecule has 2 N–H and O–H groups in total. The van der Waals surface area contributed by atoms with Gasteiger partial charge in [0.05, 0.1) is 13.2 Å². The molecule has 6 heteroatoms. The molecule has 0 bridgehead atoms. The molecule has 0 aliphatic carbocycles. The number of aryl methyl sites for hydroxylation is 1. The molecule has 2 amide bonds. The van der Waals surface area contributed by atoms with Gasteiger partial charge in [-0.15, -0.1) is 0 Å². The third-order valence-corrected chi connectivity index (χ3v) is 3.87. The second kappa shape index (κ2) is 6.70. The first-order valence-corrected chi connectivity index (χ1v) is 7.78. The number of rotatable bonds is 5. The first-order valence-electron chi connectivity index (χ1n) is 7.78. The Morgan fingerprint density at radius 3 is 2.92 bits per heavy atom. The van der Waals surface area contributed by atoms with Crippen LogP contribution < -0.4 is 15.4 Å². The smallest absolute Gasteiger partial charge is 0.315 e. The molecule has 0 saturated carbocycles. The molecule has 2 heterocycles. The maximum atomic E-state index is 12.0. The Bertz CT molecular complexity index is 850. The standard InChI is InChI=1S/C18H21N3O3/c1-12(20-18(22)19-10-13-7-8-21(2)11-13)16-9-14-5-4-6-15(23-3)17(14)24-16/h4-9,11-12H,10H2,1-3H3,(H2,19,20,22)/t12-/m0/s1. The first-order chi connectivity index (χ1) is 11.6. The molecule has 1 aromatic carbocycles. The van der Waals surface area contributed by atoms with Gasteiger partial charge < -0.3 is 24.4 Å². The molecule has 126 valence electrons. The van der Waals surface area contributed by atoms with Crippen molar-refractivity contribution in [2.24, 2.45) is 7.05 Å². The van der Waals surface area contributed by atoms with E-state index < -0.39 is 0 Å². The van der Waals surface area contributed by atoms with Gasteiger partial charge in [0.15, 0.2) is 11.3 Å². The zero-order valence-corrected chi connectivity index (χ0v) is 14.0. The summed E-state index contributed by atoms with van der Waals surface area (Å²) in [5.41, 5.74) is 1.74. The van der Waals surface area contributed by atoms with Crippen LogP contribution in [0.3, 0.4) is 0 Å². The van der Waals surface area contributed by atoms with Gasteiger partial charge in [-0.05, 0) is 30.7 Å². The summed E-state index contributed by atoms with van der Waals surface area (Å²) in [6, 6.07) is 9.10. The lowest BCUT2D eigenvalue weighted by atomic mass is 10.2. The fraction of sp³-hybridized carbons (Fsp3) is 0.278. The third-order valence-electron chi connectivity index (χ3n) is 3.87. The molecule has 0 unspecified atom stereocenters. The van der Waals surface area contributed by atoms with Crippen molar-refractivity contribution in [2.75, 3.05) is 7.11 Å². The molecule has 0 fully saturated rings. The highest BCUT2D eigenvalue weighted by Crippen LogP contribution is 2.30. The van der Waals surface area contributed by atoms with Gasteiger partial charge in [0.25, 0.3) is 0 Å². The van der Waals surface area contributed by atoms with Gasteiger partial charge in [0.2, 0.25) is 0 Å². The minimum atomic E-state index is -0.252. The fourth-order valence-corrected chi connectivity index (χ4v) is 2.60. The van der Waals surface area contributed by atoms with Crippen molar-refractivity contribution in [1.29, 1.82) is 0 Å². The van der Waals surface area contributed by atoms with E-state index in [1.165, 1.54) is 0 Å². The topological polar surface area (TPSA) is 68.4 Å². The molecule has 2 aromatic heterocycles. The van der Waals surface area contributed by atoms with Crippen LogP contribution in [0, 0.1) is 0 Å². The van der Waals surface area contributed by atoms with E-state index >= 15 is 0 Å². The second-order valence-electron chi connectivity index (χ2n) is 5.76. The number of hydrogen-bond acceptors (Lipinski definition) is 3. The molecule has 1 atom stereocenters. The zero-order chi connectivity index (χ0) is 17.1. The maximum absolute atomic E-state index is 12.0. The highest BCUT2D eigenvalue weighted by Gasteiger charge is 2.16. The van der Waals surface area contributed by atoms with Crippen LogP contribution in [0.1, 0.15) is 24.3 Å². The Morgan fingerprint density at radius 2 is 2.21 bits per heavy atom. The van der Waals surface area contributed by atoms with Crippen molar-refractivity contribution >= 4 is 17.0 Å². The lowest BCUT2D eigenvalue weighted by Gasteiger charge is -2.12. The van der Waals surface area contributed by atoms with Crippen LogP contribution in [0.15, 0.2) is 47.1 Å². The average molecular weight is 327 g/mol. The molecular weight excluding hydrogens is 306 g/mol. The predicted octanol–water partition coefficient (Wildman–Crippen LogP) is 3.34. The van der Waals surface area contributed by atoms with Crippen molar-refractivity contribution in [1.82, 2.24) is 15.2 Å². The number of carbonyl (C=O) groups excluding carboxylic acids is 1. The number of nitrogens with one attached hydrogen (secondary N) is 2. The molecule has 0 saturated heterocycles. The molecule has 0 spiro atoms. The Hall–Kier alpha value is -2.89. The number of methoxy groups -OCH3 is 1. The lowest BCUT2D eigenvalue weighted by molar-refractivity contribution is 0.236. The summed E-state index contributed by atoms with van der Waals surface area (Å²) in [7, 11) is 3.55. The summed E-state index contributed by atoms with van der Waals surface area (Å²) in [4.78, 5) is 12.0. The van der Waals surface area contributed by atoms with Gasteiger partial charge in [-0.3, -0.25) is 0 Å². The summed E-state index contributed by atoms with van der Waals surface area (Å²) in [5.74, 6) is 1.36. The molecule has 0 aliphatic rings. The van der Waals surface area contributed by atoms with Gasteiger partial charge >= 0.3 is 6.03 Å². The van der Waals surface area contributed by atoms with E-state index in [0.29, 0.717) is 23.6 Å². The number of ether oxygens (including phenoxy) is 1. The number of aromatic nitrogens is 1. The summed E-state index contributed by atoms with van der Waals surface area (Å²) in [6.45, 7) is 2.36. The molecule has 0 radical (unpaired) electrons. The Balaban J connectivity index is 1.63. The van der Waals surface area contributed by atoms with Gasteiger partial charge in [-0.1, -0.05) is 12.1 Å². The van der Waals surface area contributed by atoms with E-state index in [-0.39, 0.29) is 12.1 Å². The SMILES string of the molecule is COc1cccc2cc([C@H](C)NC(=O)NCc3ccn(C)c3)oc12. The van der Waals surface area contributed by atoms with Gasteiger partial charge in [-0.25, -0.2) is 4.79 Å². The molecule has 0 aliphatic heterocycles. The van der Waals surface area contributed by atoms with Gasteiger partial charge in [0, 0.05) is 31.4 Å². The van der Waals surface area contributed by atoms with Crippen LogP contribution in [-0.4, -0.2) is 17.7 Å². The number of fused-ring (bicyclic) bond motifs is 1. The van der Waals surface area contributed by atoms with Crippen LogP contribution in [0.4, 0.5) is 4.79 Å². The number of benzene rings is 1. The summed E-state index contributed by atoms with van der Waals surface area (Å²) >= 11 is 0. The Labute approximate surface area is 140 Å². The monoisotopic (exact) mass is 327 g/mol. The highest BCUT2D eigenvalue weighted by atomic mass is 16.5. The number of urea groups is 1. The van der Waals surface area contributed by atoms with E-state index in [1.807, 2.05) is 61.3 Å². The number of amides is 2. The van der Waals surface area contributed by atoms with Crippen molar-refractivity contribution in [2.45, 2.75) is 19.5 Å². The quantitative estimate of drug-likeness (QED) is 0.755. The van der Waals surface area contributed by atoms with Crippen LogP contribution >= 0.6 is 0 Å². The molecule has 3 aromatic rings. The number of para-hydroxylation sites is 1. The van der Waals surface area contributed by atoms with Crippen molar-refractivity contribution in [3.05, 3.63) is 54.0 Å². The maximum Gasteiger partial charge on any atom is 0.315 e. The van der Waals surface area contributed by atoms with Crippen molar-refractivity contribution in [3.8, 4) is 5.75 Å². The molecule has 6 nitrogen and oxygen atoms in total. The zero-order valence-electron chi connectivity index (χ0n) is 14.0. The average Bonchev–Trinajstić information content (AvgIpc) is 3.18. The van der Waals surface area contributed by atoms with Crippen molar-refractivity contribution in [3.63, 3.8) is 0 Å². The van der Waals surface area contributed by atoms with E-state index in [0.717, 1.165) is 10.9 Å². The Kier molecular flexibility index (Phi) is 4.46. The predicted molar refractivity (Wildman–Crippen MR) is 92.0 cm³/mol. The number of nitrogens with zero attached hydrogens (tertiary/aromatic N) is 1. The third kappa shape index (κ3) is 3.37. The summed E-state index contributed by atoms with van der Waals surface area (Å²) in [5, 5.41) is 6.67. The van der Waals surface area contributed by atoms with Crippen LogP contribution in [-0.2, 0) is 13.6 Å². The van der Waals surface area contributed by atoms with E-state index in [2.05, 4.69) is 10.6 Å². The van der Waals surface area contributed by atoms with Crippen LogP contribution in [0.25, 0.3) is 11.0 Å². The number of hydrogen-bond donors (Lipinski definition) is 2. The fourth-order valence-electron chi connectivity index (χ4n) is 2.60. The van der Waals surface area contributed by atoms with Gasteiger partial charge in [0.1, 0.15) is 5.76 Å². The largest absolute Gasteiger partial charge is 0.493 e. The van der Waals surface area contributed by atoms with E-state index in [1.54, 1.807) is 7.11 Å². The normalized spacial score (nSPS) is 12.1. The minimum absolute atomic E-state index is 0.237. The van der Waals surface area contributed by atoms with Crippen LogP contribution in [0.2, 0.25) is 0 Å². The molecular formula is C18H21N3O3. The van der Waals surface area contributed by atoms with E-state index in [4.69, 9.17) is 9.15 Å². The minimum Gasteiger partial charge on any atom is -0.493 e. The second-order valence-corrected chi connectivity index (χ2v) is 5.76. The van der Waals surface area contributed by atoms with Crippen LogP contribution in [0.5, 0.6) is 5.75 Å². The number of carbonyl (C=O) groups is 1. The summed E-state index contributed by atoms with van der Waals surface area (Å²) < 4.78 is 13.1. The first kappa shape index (κ1) is 16.0. The van der Waals surface area contributed by atoms with E-state index in [9.17, 15) is 4.79 Å². The summed E-state index contributed by atoms with van der Waals surface area (Å²) in [6.07, 6.45) is 3.91. The van der Waals surface area contributed by atoms with Gasteiger partial charge in [-0.2, -0.15) is 0 Å².